The van der Waals surface area contributed by atoms with Crippen molar-refractivity contribution in [1.82, 2.24) is 55.1 Å². The summed E-state index contributed by atoms with van der Waals surface area (Å²) in [4.78, 5) is 171. The highest BCUT2D eigenvalue weighted by atomic mass is 16.2. The Morgan fingerprint density at radius 2 is 0.753 bits per heavy atom. The fraction of sp³-hybridized carbons (Fsp3) is 0.794. The van der Waals surface area contributed by atoms with E-state index in [0.29, 0.717) is 6.42 Å². The molecule has 0 spiro atoms. The topological polar surface area (TPSA) is 250 Å². The third kappa shape index (κ3) is 21.7. The van der Waals surface area contributed by atoms with Gasteiger partial charge in [-0.3, -0.25) is 52.7 Å². The third-order valence-corrected chi connectivity index (χ3v) is 16.3. The number of hydrogen-bond acceptors (Lipinski definition) is 11. The second-order valence-corrected chi connectivity index (χ2v) is 26.4. The normalized spacial score (nSPS) is 26.6. The van der Waals surface area contributed by atoms with Crippen LogP contribution in [-0.4, -0.2) is 228 Å². The molecule has 0 aromatic rings. The quantitative estimate of drug-likeness (QED) is 0.191. The van der Waals surface area contributed by atoms with Crippen LogP contribution in [-0.2, 0) is 52.7 Å². The van der Waals surface area contributed by atoms with Gasteiger partial charge in [-0.25, -0.2) is 0 Å². The van der Waals surface area contributed by atoms with E-state index in [1.165, 1.54) is 109 Å². The second kappa shape index (κ2) is 34.9. The van der Waals surface area contributed by atoms with Crippen molar-refractivity contribution < 1.29 is 52.7 Å². The molecule has 0 radical (unpaired) electrons. The zero-order valence-corrected chi connectivity index (χ0v) is 56.7. The lowest BCUT2D eigenvalue weighted by Crippen LogP contribution is -2.61. The summed E-state index contributed by atoms with van der Waals surface area (Å²) < 4.78 is 0. The summed E-state index contributed by atoms with van der Waals surface area (Å²) in [6.07, 6.45) is 5.45. The highest BCUT2D eigenvalue weighted by Gasteiger charge is 2.45. The van der Waals surface area contributed by atoms with Crippen molar-refractivity contribution in [2.24, 2.45) is 41.4 Å². The Balaban J connectivity index is 4.32. The lowest BCUT2D eigenvalue weighted by molar-refractivity contribution is -0.156. The summed E-state index contributed by atoms with van der Waals surface area (Å²) in [5.74, 6) is -8.14. The van der Waals surface area contributed by atoms with Crippen LogP contribution in [0, 0.1) is 41.4 Å². The number of hydrogen-bond donors (Lipinski definition) is 3. The summed E-state index contributed by atoms with van der Waals surface area (Å²) in [5, 5.41) is 8.31. The van der Waals surface area contributed by atoms with Crippen molar-refractivity contribution in [3.63, 3.8) is 0 Å². The first-order chi connectivity index (χ1) is 39.2. The second-order valence-electron chi connectivity index (χ2n) is 26.4. The zero-order valence-electron chi connectivity index (χ0n) is 56.7. The maximum atomic E-state index is 15.1. The summed E-state index contributed by atoms with van der Waals surface area (Å²) in [5.41, 5.74) is 0. The first-order valence-corrected chi connectivity index (χ1v) is 30.8. The van der Waals surface area contributed by atoms with Gasteiger partial charge >= 0.3 is 0 Å². The van der Waals surface area contributed by atoms with E-state index in [1.807, 2.05) is 81.4 Å². The molecule has 0 aliphatic carbocycles. The van der Waals surface area contributed by atoms with E-state index in [4.69, 9.17) is 0 Å². The van der Waals surface area contributed by atoms with Crippen LogP contribution < -0.4 is 16.0 Å². The predicted octanol–water partition coefficient (Wildman–Crippen LogP) is 4.64. The molecule has 1 aliphatic rings. The molecule has 0 aromatic heterocycles. The highest BCUT2D eigenvalue weighted by Crippen LogP contribution is 2.26. The molecule has 22 nitrogen and oxygen atoms in total. The molecule has 1 aliphatic heterocycles. The minimum Gasteiger partial charge on any atom is -0.343 e. The molecule has 85 heavy (non-hydrogen) atoms. The van der Waals surface area contributed by atoms with E-state index in [0.717, 1.165) is 0 Å². The van der Waals surface area contributed by atoms with Gasteiger partial charge in [0.25, 0.3) is 0 Å². The number of rotatable bonds is 15. The molecular weight excluding hydrogens is 1090 g/mol. The number of allylic oxidation sites excluding steroid dienone is 2. The average Bonchev–Trinajstić information content (AvgIpc) is 3.09. The predicted molar refractivity (Wildman–Crippen MR) is 332 cm³/mol. The average molecular weight is 1200 g/mol. The van der Waals surface area contributed by atoms with Gasteiger partial charge in [0.1, 0.15) is 60.4 Å². The number of carbonyl (C=O) groups is 11. The van der Waals surface area contributed by atoms with Crippen molar-refractivity contribution in [2.75, 3.05) is 62.9 Å². The van der Waals surface area contributed by atoms with E-state index in [9.17, 15) is 43.2 Å². The van der Waals surface area contributed by atoms with Crippen LogP contribution in [0.2, 0.25) is 0 Å². The SMILES string of the molecule is C/C=C/CC(C)C[C@H]1C(=O)N[C@@H](CC)C(=O)N(C)CC(=O)N(C)[C@@H](CC(C)C)C(=O)N(C)[C@@H](C(C)C)C(=O)N(C)[C@@H](CC(C)C)C(=O)N[C@@H](C)C(=O)N[C@H](C)C(=O)N(C)[C@@H](CC(C)C)C(=O)N(C)[C@@H](CC(C)C)C(=O)N(C)[C@@H](C(C)C)C(=O)N1C. The lowest BCUT2D eigenvalue weighted by Gasteiger charge is -2.41. The molecule has 3 N–H and O–H groups in total. The van der Waals surface area contributed by atoms with Gasteiger partial charge in [-0.2, -0.15) is 0 Å². The molecule has 1 fully saturated rings. The van der Waals surface area contributed by atoms with Crippen LogP contribution >= 0.6 is 0 Å². The fourth-order valence-electron chi connectivity index (χ4n) is 11.1. The molecule has 1 rings (SSSR count). The van der Waals surface area contributed by atoms with Gasteiger partial charge in [0.15, 0.2) is 0 Å². The van der Waals surface area contributed by atoms with Crippen molar-refractivity contribution >= 4 is 65.0 Å². The first kappa shape index (κ1) is 76.9. The zero-order chi connectivity index (χ0) is 66.0. The number of amides is 11. The molecule has 11 atom stereocenters. The molecule has 1 heterocycles. The molecule has 486 valence electrons. The Hall–Kier alpha value is -6.09. The molecule has 0 saturated carbocycles. The molecule has 11 amide bonds. The van der Waals surface area contributed by atoms with Crippen molar-refractivity contribution in [2.45, 2.75) is 223 Å². The van der Waals surface area contributed by atoms with Gasteiger partial charge in [-0.1, -0.05) is 109 Å². The van der Waals surface area contributed by atoms with Crippen LogP contribution in [0.5, 0.6) is 0 Å². The van der Waals surface area contributed by atoms with E-state index >= 15 is 9.59 Å². The lowest BCUT2D eigenvalue weighted by atomic mass is 9.93. The van der Waals surface area contributed by atoms with Crippen LogP contribution in [0.25, 0.3) is 0 Å². The van der Waals surface area contributed by atoms with Crippen molar-refractivity contribution in [3.8, 4) is 0 Å². The van der Waals surface area contributed by atoms with Crippen LogP contribution in [0.15, 0.2) is 12.2 Å². The largest absolute Gasteiger partial charge is 0.343 e. The highest BCUT2D eigenvalue weighted by molar-refractivity contribution is 5.99. The van der Waals surface area contributed by atoms with Crippen LogP contribution in [0.1, 0.15) is 163 Å². The Morgan fingerprint density at radius 1 is 0.412 bits per heavy atom. The Bertz CT molecular complexity index is 2320. The maximum Gasteiger partial charge on any atom is 0.246 e. The number of nitrogens with zero attached hydrogens (tertiary/aromatic N) is 8. The Kier molecular flexibility index (Phi) is 31.6. The van der Waals surface area contributed by atoms with Gasteiger partial charge in [0.05, 0.1) is 6.54 Å². The van der Waals surface area contributed by atoms with E-state index in [1.54, 1.807) is 34.6 Å². The van der Waals surface area contributed by atoms with Gasteiger partial charge in [-0.15, -0.1) is 0 Å². The van der Waals surface area contributed by atoms with Gasteiger partial charge in [-0.05, 0) is 107 Å². The third-order valence-electron chi connectivity index (χ3n) is 16.3. The summed E-state index contributed by atoms with van der Waals surface area (Å²) in [7, 11) is 11.8. The molecule has 0 bridgehead atoms. The molecule has 22 heteroatoms. The minimum atomic E-state index is -1.21. The number of likely N-dealkylation sites (N-methyl/N-ethyl adjacent to an activating group) is 8. The standard InChI is InChI=1S/C63H113N11O11/c1-26-28-29-42(15)34-47-56(78)66-45(27-2)58(80)67(18)35-51(75)68(19)48(31-37(5)6)60(82)73(24)52(40(11)12)62(84)69(20)46(30-36(3)4)55(77)64-43(16)54(76)65-44(17)57(79)71(22)49(32-38(7)8)59(81)72(23)50(33-39(9)10)61(83)74(25)53(41(13)14)63(85)70(47)21/h26,28,36-50,52-53H,27,29-35H2,1-25H3,(H,64,77)(H,65,76)(H,66,78)/b28-26+/t42?,43-,44+,45-,46-,47-,48-,49-,50-,52-,53-/m0/s1. The van der Waals surface area contributed by atoms with Gasteiger partial charge < -0.3 is 55.1 Å². The Labute approximate surface area is 510 Å². The summed E-state index contributed by atoms with van der Waals surface area (Å²) >= 11 is 0. The number of carbonyl (C=O) groups excluding carboxylic acids is 11. The summed E-state index contributed by atoms with van der Waals surface area (Å²) in [6.45, 7) is 30.2. The molecule has 1 saturated heterocycles. The maximum absolute atomic E-state index is 15.1. The van der Waals surface area contributed by atoms with E-state index in [-0.39, 0.29) is 68.1 Å². The van der Waals surface area contributed by atoms with Gasteiger partial charge in [0.2, 0.25) is 65.0 Å². The van der Waals surface area contributed by atoms with Crippen LogP contribution in [0.3, 0.4) is 0 Å². The molecular formula is C63H113N11O11. The van der Waals surface area contributed by atoms with Crippen molar-refractivity contribution in [1.29, 1.82) is 0 Å². The van der Waals surface area contributed by atoms with Crippen LogP contribution in [0.4, 0.5) is 0 Å². The number of nitrogens with one attached hydrogen (secondary N) is 3. The van der Waals surface area contributed by atoms with E-state index < -0.39 is 144 Å². The summed E-state index contributed by atoms with van der Waals surface area (Å²) in [6, 6.07) is -11.4. The smallest absolute Gasteiger partial charge is 0.246 e. The monoisotopic (exact) mass is 1200 g/mol. The Morgan fingerprint density at radius 3 is 1.14 bits per heavy atom. The first-order valence-electron chi connectivity index (χ1n) is 30.8. The van der Waals surface area contributed by atoms with Gasteiger partial charge in [0, 0.05) is 56.4 Å². The van der Waals surface area contributed by atoms with E-state index in [2.05, 4.69) is 16.0 Å². The molecule has 1 unspecified atom stereocenters. The minimum absolute atomic E-state index is 0.111. The van der Waals surface area contributed by atoms with Crippen molar-refractivity contribution in [3.05, 3.63) is 12.2 Å². The molecule has 0 aromatic carbocycles. The fourth-order valence-corrected chi connectivity index (χ4v) is 11.1.